The first-order valence-electron chi connectivity index (χ1n) is 8.28. The summed E-state index contributed by atoms with van der Waals surface area (Å²) in [4.78, 5) is 12.4. The molecule has 1 aliphatic rings. The highest BCUT2D eigenvalue weighted by atomic mass is 35.5. The predicted molar refractivity (Wildman–Crippen MR) is 95.9 cm³/mol. The zero-order valence-electron chi connectivity index (χ0n) is 14.2. The van der Waals surface area contributed by atoms with Crippen LogP contribution in [0.2, 0.25) is 0 Å². The van der Waals surface area contributed by atoms with Crippen LogP contribution in [0.3, 0.4) is 0 Å². The number of carbonyl (C=O) groups excluding carboxylic acids is 1. The summed E-state index contributed by atoms with van der Waals surface area (Å²) in [5, 5.41) is 3.13. The van der Waals surface area contributed by atoms with Crippen molar-refractivity contribution in [1.82, 2.24) is 5.32 Å². The van der Waals surface area contributed by atoms with Crippen LogP contribution in [0.1, 0.15) is 51.6 Å². The number of hydrogen-bond acceptors (Lipinski definition) is 3. The second-order valence-electron chi connectivity index (χ2n) is 6.50. The van der Waals surface area contributed by atoms with E-state index in [2.05, 4.69) is 5.32 Å². The fourth-order valence-electron chi connectivity index (χ4n) is 3.18. The van der Waals surface area contributed by atoms with Crippen molar-refractivity contribution in [2.45, 2.75) is 52.2 Å². The molecule has 3 N–H and O–H groups in total. The Morgan fingerprint density at radius 2 is 1.91 bits per heavy atom. The smallest absolute Gasteiger partial charge is 0.223 e. The molecule has 130 valence electrons. The van der Waals surface area contributed by atoms with Gasteiger partial charge in [-0.05, 0) is 63.8 Å². The second kappa shape index (κ2) is 9.14. The van der Waals surface area contributed by atoms with Gasteiger partial charge in [0.15, 0.2) is 0 Å². The molecule has 3 atom stereocenters. The molecular formula is C18H29ClN2O2. The molecule has 1 aromatic carbocycles. The van der Waals surface area contributed by atoms with Crippen LogP contribution in [-0.2, 0) is 4.79 Å². The van der Waals surface area contributed by atoms with E-state index in [4.69, 9.17) is 10.5 Å². The molecule has 0 aliphatic heterocycles. The van der Waals surface area contributed by atoms with Gasteiger partial charge in [-0.25, -0.2) is 0 Å². The van der Waals surface area contributed by atoms with Gasteiger partial charge >= 0.3 is 0 Å². The molecule has 1 aliphatic carbocycles. The number of ether oxygens (including phenoxy) is 1. The average molecular weight is 341 g/mol. The molecule has 0 aromatic heterocycles. The number of rotatable bonds is 6. The summed E-state index contributed by atoms with van der Waals surface area (Å²) in [7, 11) is 0. The monoisotopic (exact) mass is 340 g/mol. The Kier molecular flexibility index (Phi) is 7.86. The van der Waals surface area contributed by atoms with Crippen LogP contribution < -0.4 is 15.8 Å². The SMILES string of the molecule is CC(C)Oc1ccc(C(C)NC(=O)[C@@H]2CCC[C@@H]2CN)cc1.Cl. The zero-order chi connectivity index (χ0) is 16.1. The van der Waals surface area contributed by atoms with E-state index in [0.717, 1.165) is 30.6 Å². The molecule has 0 radical (unpaired) electrons. The number of amides is 1. The fourth-order valence-corrected chi connectivity index (χ4v) is 3.18. The van der Waals surface area contributed by atoms with Gasteiger partial charge < -0.3 is 15.8 Å². The van der Waals surface area contributed by atoms with E-state index in [0.29, 0.717) is 12.5 Å². The molecule has 0 saturated heterocycles. The second-order valence-corrected chi connectivity index (χ2v) is 6.50. The molecule has 1 aromatic rings. The van der Waals surface area contributed by atoms with E-state index < -0.39 is 0 Å². The molecule has 1 amide bonds. The Morgan fingerprint density at radius 3 is 2.48 bits per heavy atom. The van der Waals surface area contributed by atoms with Gasteiger partial charge in [0.05, 0.1) is 12.1 Å². The fraction of sp³-hybridized carbons (Fsp3) is 0.611. The summed E-state index contributed by atoms with van der Waals surface area (Å²) < 4.78 is 5.64. The van der Waals surface area contributed by atoms with Crippen molar-refractivity contribution in [3.8, 4) is 5.75 Å². The van der Waals surface area contributed by atoms with Crippen LogP contribution in [0.25, 0.3) is 0 Å². The highest BCUT2D eigenvalue weighted by Crippen LogP contribution is 2.31. The summed E-state index contributed by atoms with van der Waals surface area (Å²) in [6.07, 6.45) is 3.31. The minimum atomic E-state index is -0.000348. The van der Waals surface area contributed by atoms with Gasteiger partial charge in [0.25, 0.3) is 0 Å². The molecule has 4 nitrogen and oxygen atoms in total. The van der Waals surface area contributed by atoms with E-state index in [1.165, 1.54) is 0 Å². The Balaban J connectivity index is 0.00000264. The molecule has 0 spiro atoms. The largest absolute Gasteiger partial charge is 0.491 e. The van der Waals surface area contributed by atoms with Crippen LogP contribution in [0.15, 0.2) is 24.3 Å². The van der Waals surface area contributed by atoms with E-state index in [1.807, 2.05) is 45.0 Å². The van der Waals surface area contributed by atoms with Gasteiger partial charge in [-0.2, -0.15) is 0 Å². The number of halogens is 1. The maximum absolute atomic E-state index is 12.4. The summed E-state index contributed by atoms with van der Waals surface area (Å²) in [6, 6.07) is 7.93. The minimum absolute atomic E-state index is 0. The molecule has 0 bridgehead atoms. The highest BCUT2D eigenvalue weighted by molar-refractivity contribution is 5.85. The van der Waals surface area contributed by atoms with Crippen molar-refractivity contribution < 1.29 is 9.53 Å². The third-order valence-electron chi connectivity index (χ3n) is 4.41. The maximum Gasteiger partial charge on any atom is 0.223 e. The van der Waals surface area contributed by atoms with Crippen molar-refractivity contribution in [3.05, 3.63) is 29.8 Å². The van der Waals surface area contributed by atoms with E-state index in [9.17, 15) is 4.79 Å². The number of benzene rings is 1. The lowest BCUT2D eigenvalue weighted by molar-refractivity contribution is -0.126. The Hall–Kier alpha value is -1.26. The minimum Gasteiger partial charge on any atom is -0.491 e. The van der Waals surface area contributed by atoms with E-state index in [-0.39, 0.29) is 36.4 Å². The normalized spacial score (nSPS) is 21.6. The van der Waals surface area contributed by atoms with Gasteiger partial charge in [-0.1, -0.05) is 18.6 Å². The summed E-state index contributed by atoms with van der Waals surface area (Å²) >= 11 is 0. The van der Waals surface area contributed by atoms with Crippen molar-refractivity contribution in [1.29, 1.82) is 0 Å². The van der Waals surface area contributed by atoms with Crippen molar-refractivity contribution in [2.24, 2.45) is 17.6 Å². The maximum atomic E-state index is 12.4. The van der Waals surface area contributed by atoms with Crippen molar-refractivity contribution in [2.75, 3.05) is 6.54 Å². The molecule has 1 fully saturated rings. The predicted octanol–water partition coefficient (Wildman–Crippen LogP) is 3.45. The number of nitrogens with one attached hydrogen (secondary N) is 1. The average Bonchev–Trinajstić information content (AvgIpc) is 2.95. The lowest BCUT2D eigenvalue weighted by atomic mass is 9.94. The van der Waals surface area contributed by atoms with E-state index >= 15 is 0 Å². The first-order chi connectivity index (χ1) is 10.5. The summed E-state index contributed by atoms with van der Waals surface area (Å²) in [6.45, 7) is 6.63. The molecule has 1 saturated carbocycles. The van der Waals surface area contributed by atoms with Crippen molar-refractivity contribution >= 4 is 18.3 Å². The van der Waals surface area contributed by atoms with Gasteiger partial charge in [-0.3, -0.25) is 4.79 Å². The number of carbonyl (C=O) groups is 1. The number of hydrogen-bond donors (Lipinski definition) is 2. The molecule has 0 heterocycles. The molecule has 23 heavy (non-hydrogen) atoms. The van der Waals surface area contributed by atoms with Gasteiger partial charge in [0.2, 0.25) is 5.91 Å². The lowest BCUT2D eigenvalue weighted by Gasteiger charge is -2.21. The number of nitrogens with two attached hydrogens (primary N) is 1. The lowest BCUT2D eigenvalue weighted by Crippen LogP contribution is -2.36. The van der Waals surface area contributed by atoms with Crippen LogP contribution in [-0.4, -0.2) is 18.6 Å². The standard InChI is InChI=1S/C18H28N2O2.ClH/c1-12(2)22-16-9-7-14(8-10-16)13(3)20-18(21)17-6-4-5-15(17)11-19;/h7-10,12-13,15,17H,4-6,11,19H2,1-3H3,(H,20,21);1H/t13?,15-,17-;/m1./s1. The third-order valence-corrected chi connectivity index (χ3v) is 4.41. The van der Waals surface area contributed by atoms with Crippen LogP contribution >= 0.6 is 12.4 Å². The Morgan fingerprint density at radius 1 is 1.26 bits per heavy atom. The Labute approximate surface area is 145 Å². The highest BCUT2D eigenvalue weighted by Gasteiger charge is 2.32. The first-order valence-corrected chi connectivity index (χ1v) is 8.28. The molecule has 2 rings (SSSR count). The molecule has 5 heteroatoms. The summed E-state index contributed by atoms with van der Waals surface area (Å²) in [5.74, 6) is 1.42. The first kappa shape index (κ1) is 19.8. The molecular weight excluding hydrogens is 312 g/mol. The summed E-state index contributed by atoms with van der Waals surface area (Å²) in [5.41, 5.74) is 6.86. The quantitative estimate of drug-likeness (QED) is 0.833. The van der Waals surface area contributed by atoms with Crippen LogP contribution in [0.5, 0.6) is 5.75 Å². The molecule has 1 unspecified atom stereocenters. The zero-order valence-corrected chi connectivity index (χ0v) is 15.1. The topological polar surface area (TPSA) is 64.3 Å². The van der Waals surface area contributed by atoms with Crippen molar-refractivity contribution in [3.63, 3.8) is 0 Å². The third kappa shape index (κ3) is 5.40. The van der Waals surface area contributed by atoms with Crippen LogP contribution in [0, 0.1) is 11.8 Å². The van der Waals surface area contributed by atoms with Gasteiger partial charge in [0.1, 0.15) is 5.75 Å². The Bertz CT molecular complexity index is 490. The van der Waals surface area contributed by atoms with Gasteiger partial charge in [-0.15, -0.1) is 12.4 Å². The van der Waals surface area contributed by atoms with Gasteiger partial charge in [0, 0.05) is 5.92 Å². The van der Waals surface area contributed by atoms with Crippen LogP contribution in [0.4, 0.5) is 0 Å². The van der Waals surface area contributed by atoms with E-state index in [1.54, 1.807) is 0 Å².